The van der Waals surface area contributed by atoms with E-state index in [4.69, 9.17) is 29.4 Å². The van der Waals surface area contributed by atoms with Gasteiger partial charge in [0.15, 0.2) is 34.6 Å². The number of benzene rings is 4. The Kier molecular flexibility index (Phi) is 9.47. The van der Waals surface area contributed by atoms with Crippen LogP contribution in [0, 0.1) is 10.1 Å². The number of rotatable bonds is 10. The number of anilines is 1. The van der Waals surface area contributed by atoms with E-state index in [0.29, 0.717) is 46.2 Å². The van der Waals surface area contributed by atoms with Crippen molar-refractivity contribution in [1.82, 2.24) is 0 Å². The predicted octanol–water partition coefficient (Wildman–Crippen LogP) is 6.52. The Bertz CT molecular complexity index is 1720. The van der Waals surface area contributed by atoms with Crippen LogP contribution in [-0.2, 0) is 6.42 Å². The molecule has 2 heterocycles. The van der Waals surface area contributed by atoms with Crippen molar-refractivity contribution in [3.8, 4) is 28.7 Å². The Morgan fingerprint density at radius 2 is 1.29 bits per heavy atom. The van der Waals surface area contributed by atoms with E-state index in [9.17, 15) is 19.7 Å². The Balaban J connectivity index is 0.000000179. The highest BCUT2D eigenvalue weighted by atomic mass is 16.7. The minimum absolute atomic E-state index is 0.00371. The molecule has 11 heteroatoms. The van der Waals surface area contributed by atoms with Crippen LogP contribution in [0.2, 0.25) is 0 Å². The summed E-state index contributed by atoms with van der Waals surface area (Å²) >= 11 is 0. The first-order valence-corrected chi connectivity index (χ1v) is 14.5. The SMILES string of the molecule is CCCCc1ccc(C(=O)c2cc3c(cc2[N+](=O)[O-])OCO3)cc1.CCOc1ccc(C(=O)c2cc3c(cc2N)OCO3)cc1. The van der Waals surface area contributed by atoms with Gasteiger partial charge < -0.3 is 29.4 Å². The number of hydrogen-bond acceptors (Lipinski definition) is 10. The molecule has 0 radical (unpaired) electrons. The molecule has 0 fully saturated rings. The van der Waals surface area contributed by atoms with Gasteiger partial charge in [0, 0.05) is 34.5 Å². The van der Waals surface area contributed by atoms with Crippen LogP contribution in [0.5, 0.6) is 28.7 Å². The highest BCUT2D eigenvalue weighted by molar-refractivity contribution is 6.13. The van der Waals surface area contributed by atoms with Crippen LogP contribution >= 0.6 is 0 Å². The zero-order valence-corrected chi connectivity index (χ0v) is 24.9. The van der Waals surface area contributed by atoms with Crippen molar-refractivity contribution in [2.45, 2.75) is 33.1 Å². The predicted molar refractivity (Wildman–Crippen MR) is 166 cm³/mol. The molecule has 0 spiro atoms. The molecule has 2 N–H and O–H groups in total. The van der Waals surface area contributed by atoms with Gasteiger partial charge in [-0.05, 0) is 55.7 Å². The smallest absolute Gasteiger partial charge is 0.284 e. The first-order valence-electron chi connectivity index (χ1n) is 14.5. The van der Waals surface area contributed by atoms with Crippen LogP contribution in [0.1, 0.15) is 64.1 Å². The maximum atomic E-state index is 12.7. The minimum Gasteiger partial charge on any atom is -0.494 e. The molecule has 0 unspecified atom stereocenters. The summed E-state index contributed by atoms with van der Waals surface area (Å²) in [5, 5.41) is 11.3. The molecule has 2 aliphatic rings. The third-order valence-corrected chi connectivity index (χ3v) is 7.18. The van der Waals surface area contributed by atoms with Gasteiger partial charge in [-0.15, -0.1) is 0 Å². The zero-order valence-electron chi connectivity index (χ0n) is 24.9. The van der Waals surface area contributed by atoms with Gasteiger partial charge >= 0.3 is 0 Å². The first-order chi connectivity index (χ1) is 21.8. The van der Waals surface area contributed by atoms with E-state index in [1.807, 2.05) is 19.1 Å². The molecule has 4 aromatic carbocycles. The van der Waals surface area contributed by atoms with Crippen LogP contribution in [0.15, 0.2) is 72.8 Å². The highest BCUT2D eigenvalue weighted by Crippen LogP contribution is 2.39. The van der Waals surface area contributed by atoms with E-state index in [-0.39, 0.29) is 36.4 Å². The molecular weight excluding hydrogens is 580 g/mol. The zero-order chi connectivity index (χ0) is 31.9. The summed E-state index contributed by atoms with van der Waals surface area (Å²) in [5.74, 6) is 1.91. The minimum atomic E-state index is -0.579. The molecule has 0 saturated carbocycles. The summed E-state index contributed by atoms with van der Waals surface area (Å²) in [7, 11) is 0. The molecule has 2 aliphatic heterocycles. The molecular formula is C34H32N2O9. The van der Waals surface area contributed by atoms with E-state index in [1.54, 1.807) is 48.5 Å². The molecule has 11 nitrogen and oxygen atoms in total. The summed E-state index contributed by atoms with van der Waals surface area (Å²) in [6, 6.07) is 20.0. The van der Waals surface area contributed by atoms with Gasteiger partial charge in [0.1, 0.15) is 11.3 Å². The Labute approximate surface area is 259 Å². The number of nitro benzene ring substituents is 1. The number of ether oxygens (including phenoxy) is 5. The molecule has 0 atom stereocenters. The Hall–Kier alpha value is -5.58. The van der Waals surface area contributed by atoms with E-state index in [1.165, 1.54) is 12.1 Å². The van der Waals surface area contributed by atoms with Crippen LogP contribution in [0.4, 0.5) is 11.4 Å². The number of aryl methyl sites for hydroxylation is 1. The highest BCUT2D eigenvalue weighted by Gasteiger charge is 2.28. The van der Waals surface area contributed by atoms with Gasteiger partial charge in [0.2, 0.25) is 13.6 Å². The van der Waals surface area contributed by atoms with Crippen molar-refractivity contribution < 1.29 is 38.2 Å². The number of nitrogen functional groups attached to an aromatic ring is 1. The standard InChI is InChI=1S/C18H17NO5.C16H15NO4/c1-2-3-4-12-5-7-13(8-6-12)18(20)14-9-16-17(24-11-23-16)10-15(14)19(21)22;1-2-19-11-5-3-10(4-6-11)16(18)12-7-14-15(8-13(12)17)21-9-20-14/h5-10H,2-4,11H2,1H3;3-8H,2,9,17H2,1H3. The van der Waals surface area contributed by atoms with Crippen molar-refractivity contribution in [3.05, 3.63) is 111 Å². The largest absolute Gasteiger partial charge is 0.494 e. The quantitative estimate of drug-likeness (QED) is 0.0907. The average Bonchev–Trinajstić information content (AvgIpc) is 3.72. The molecule has 6 rings (SSSR count). The van der Waals surface area contributed by atoms with Gasteiger partial charge in [-0.25, -0.2) is 0 Å². The van der Waals surface area contributed by atoms with Crippen LogP contribution < -0.4 is 29.4 Å². The van der Waals surface area contributed by atoms with Gasteiger partial charge in [-0.1, -0.05) is 37.6 Å². The fourth-order valence-corrected chi connectivity index (χ4v) is 4.80. The fourth-order valence-electron chi connectivity index (χ4n) is 4.80. The number of nitrogens with zero attached hydrogens (tertiary/aromatic N) is 1. The lowest BCUT2D eigenvalue weighted by Crippen LogP contribution is -2.06. The van der Waals surface area contributed by atoms with Crippen molar-refractivity contribution in [1.29, 1.82) is 0 Å². The Morgan fingerprint density at radius 1 is 0.778 bits per heavy atom. The van der Waals surface area contributed by atoms with Crippen LogP contribution in [-0.4, -0.2) is 36.7 Å². The van der Waals surface area contributed by atoms with E-state index < -0.39 is 10.7 Å². The maximum Gasteiger partial charge on any atom is 0.284 e. The summed E-state index contributed by atoms with van der Waals surface area (Å²) in [6.07, 6.45) is 3.14. The lowest BCUT2D eigenvalue weighted by Gasteiger charge is -2.08. The molecule has 0 saturated heterocycles. The number of hydrogen-bond donors (Lipinski definition) is 1. The number of nitro groups is 1. The lowest BCUT2D eigenvalue weighted by atomic mass is 9.99. The lowest BCUT2D eigenvalue weighted by molar-refractivity contribution is -0.385. The van der Waals surface area contributed by atoms with Crippen molar-refractivity contribution in [2.75, 3.05) is 25.9 Å². The van der Waals surface area contributed by atoms with Gasteiger partial charge in [0.05, 0.1) is 17.6 Å². The summed E-state index contributed by atoms with van der Waals surface area (Å²) in [6.45, 7) is 4.76. The van der Waals surface area contributed by atoms with E-state index in [0.717, 1.165) is 30.6 Å². The van der Waals surface area contributed by atoms with Crippen LogP contribution in [0.25, 0.3) is 0 Å². The van der Waals surface area contributed by atoms with Gasteiger partial charge in [-0.2, -0.15) is 0 Å². The molecule has 232 valence electrons. The summed E-state index contributed by atoms with van der Waals surface area (Å²) < 4.78 is 26.2. The third kappa shape index (κ3) is 6.98. The van der Waals surface area contributed by atoms with Crippen molar-refractivity contribution in [2.24, 2.45) is 0 Å². The number of ketones is 2. The molecule has 0 amide bonds. The molecule has 4 aromatic rings. The van der Waals surface area contributed by atoms with Crippen molar-refractivity contribution >= 4 is 22.9 Å². The second-order valence-electron chi connectivity index (χ2n) is 10.2. The fraction of sp³-hybridized carbons (Fsp3) is 0.235. The average molecular weight is 613 g/mol. The second kappa shape index (κ2) is 13.8. The number of nitrogens with two attached hydrogens (primary N) is 1. The Morgan fingerprint density at radius 3 is 1.84 bits per heavy atom. The molecule has 0 aliphatic carbocycles. The molecule has 0 aromatic heterocycles. The van der Waals surface area contributed by atoms with Crippen LogP contribution in [0.3, 0.4) is 0 Å². The number of fused-ring (bicyclic) bond motifs is 2. The normalized spacial score (nSPS) is 12.2. The maximum absolute atomic E-state index is 12.7. The summed E-state index contributed by atoms with van der Waals surface area (Å²) in [4.78, 5) is 35.9. The molecule has 0 bridgehead atoms. The van der Waals surface area contributed by atoms with Gasteiger partial charge in [0.25, 0.3) is 5.69 Å². The monoisotopic (exact) mass is 612 g/mol. The van der Waals surface area contributed by atoms with Crippen molar-refractivity contribution in [3.63, 3.8) is 0 Å². The summed E-state index contributed by atoms with van der Waals surface area (Å²) in [5.41, 5.74) is 8.54. The van der Waals surface area contributed by atoms with Gasteiger partial charge in [-0.3, -0.25) is 19.7 Å². The van der Waals surface area contributed by atoms with E-state index >= 15 is 0 Å². The number of unbranched alkanes of at least 4 members (excludes halogenated alkanes) is 1. The molecule has 45 heavy (non-hydrogen) atoms. The third-order valence-electron chi connectivity index (χ3n) is 7.18. The first kappa shape index (κ1) is 30.9. The number of carbonyl (C=O) groups is 2. The van der Waals surface area contributed by atoms with E-state index in [2.05, 4.69) is 6.92 Å². The topological polar surface area (TPSA) is 149 Å². The number of carbonyl (C=O) groups excluding carboxylic acids is 2. The second-order valence-corrected chi connectivity index (χ2v) is 10.2.